The number of carbonyl (C=O) groups excluding carboxylic acids is 1. The number of carbonyl (C=O) groups is 1. The predicted molar refractivity (Wildman–Crippen MR) is 70.8 cm³/mol. The molecule has 4 nitrogen and oxygen atoms in total. The van der Waals surface area contributed by atoms with Gasteiger partial charge in [0.1, 0.15) is 0 Å². The molecule has 1 rings (SSSR count). The van der Waals surface area contributed by atoms with E-state index < -0.39 is 0 Å². The van der Waals surface area contributed by atoms with Crippen molar-refractivity contribution in [2.24, 2.45) is 0 Å². The Bertz CT molecular complexity index is 366. The molecule has 1 N–H and O–H groups in total. The van der Waals surface area contributed by atoms with Crippen LogP contribution in [0, 0.1) is 6.92 Å². The van der Waals surface area contributed by atoms with Gasteiger partial charge in [0, 0.05) is 25.8 Å². The fourth-order valence-corrected chi connectivity index (χ4v) is 1.54. The second kappa shape index (κ2) is 8.66. The number of aryl methyl sites for hydroxylation is 1. The number of nitrogens with one attached hydrogen (secondary N) is 1. The Balaban J connectivity index is 2.16. The van der Waals surface area contributed by atoms with Gasteiger partial charge in [-0.25, -0.2) is 0 Å². The van der Waals surface area contributed by atoms with E-state index in [1.807, 2.05) is 31.2 Å². The zero-order chi connectivity index (χ0) is 13.2. The fraction of sp³-hybridized carbons (Fsp3) is 0.500. The Morgan fingerprint density at radius 1 is 1.22 bits per heavy atom. The molecule has 0 aromatic heterocycles. The minimum Gasteiger partial charge on any atom is -0.382 e. The van der Waals surface area contributed by atoms with Crippen molar-refractivity contribution in [2.75, 3.05) is 33.5 Å². The predicted octanol–water partition coefficient (Wildman–Crippen LogP) is 1.78. The van der Waals surface area contributed by atoms with E-state index in [1.165, 1.54) is 0 Å². The van der Waals surface area contributed by atoms with E-state index in [4.69, 9.17) is 9.47 Å². The highest BCUT2D eigenvalue weighted by Crippen LogP contribution is 2.06. The Kier molecular flexibility index (Phi) is 7.06. The molecule has 4 heteroatoms. The molecule has 1 aromatic rings. The summed E-state index contributed by atoms with van der Waals surface area (Å²) in [5, 5.41) is 2.88. The summed E-state index contributed by atoms with van der Waals surface area (Å²) in [5.74, 6) is -0.0232. The van der Waals surface area contributed by atoms with Crippen molar-refractivity contribution in [1.29, 1.82) is 0 Å². The minimum atomic E-state index is -0.0232. The van der Waals surface area contributed by atoms with E-state index in [2.05, 4.69) is 5.32 Å². The normalized spacial score (nSPS) is 10.3. The van der Waals surface area contributed by atoms with Gasteiger partial charge in [0.05, 0.1) is 13.2 Å². The van der Waals surface area contributed by atoms with Crippen LogP contribution in [-0.2, 0) is 9.47 Å². The standard InChI is InChI=1S/C14H21NO3/c1-12-6-3-4-7-13(12)14(16)15-8-5-9-18-11-10-17-2/h3-4,6-7H,5,8-11H2,1-2H3,(H,15,16). The molecular formula is C14H21NO3. The van der Waals surface area contributed by atoms with Gasteiger partial charge in [-0.15, -0.1) is 0 Å². The minimum absolute atomic E-state index is 0.0232. The fourth-order valence-electron chi connectivity index (χ4n) is 1.54. The van der Waals surface area contributed by atoms with E-state index >= 15 is 0 Å². The third kappa shape index (κ3) is 5.29. The van der Waals surface area contributed by atoms with Crippen LogP contribution < -0.4 is 5.32 Å². The molecule has 0 aliphatic rings. The summed E-state index contributed by atoms with van der Waals surface area (Å²) in [6.45, 7) is 4.40. The van der Waals surface area contributed by atoms with Crippen LogP contribution >= 0.6 is 0 Å². The number of ether oxygens (including phenoxy) is 2. The van der Waals surface area contributed by atoms with Crippen molar-refractivity contribution in [1.82, 2.24) is 5.32 Å². The van der Waals surface area contributed by atoms with Crippen molar-refractivity contribution in [3.05, 3.63) is 35.4 Å². The van der Waals surface area contributed by atoms with E-state index in [0.29, 0.717) is 26.4 Å². The lowest BCUT2D eigenvalue weighted by Crippen LogP contribution is -2.26. The molecule has 0 atom stereocenters. The molecule has 0 aliphatic carbocycles. The molecule has 1 amide bonds. The molecule has 100 valence electrons. The van der Waals surface area contributed by atoms with Gasteiger partial charge >= 0.3 is 0 Å². The van der Waals surface area contributed by atoms with Crippen molar-refractivity contribution >= 4 is 5.91 Å². The van der Waals surface area contributed by atoms with E-state index in [-0.39, 0.29) is 5.91 Å². The van der Waals surface area contributed by atoms with Gasteiger partial charge in [-0.1, -0.05) is 18.2 Å². The summed E-state index contributed by atoms with van der Waals surface area (Å²) >= 11 is 0. The summed E-state index contributed by atoms with van der Waals surface area (Å²) in [5.41, 5.74) is 1.73. The van der Waals surface area contributed by atoms with Gasteiger partial charge in [-0.05, 0) is 25.0 Å². The molecule has 0 unspecified atom stereocenters. The van der Waals surface area contributed by atoms with E-state index in [0.717, 1.165) is 17.5 Å². The lowest BCUT2D eigenvalue weighted by molar-refractivity contribution is 0.0688. The highest BCUT2D eigenvalue weighted by Gasteiger charge is 2.06. The van der Waals surface area contributed by atoms with Crippen molar-refractivity contribution in [3.63, 3.8) is 0 Å². The Morgan fingerprint density at radius 3 is 2.72 bits per heavy atom. The number of benzene rings is 1. The highest BCUT2D eigenvalue weighted by molar-refractivity contribution is 5.95. The summed E-state index contributed by atoms with van der Waals surface area (Å²) in [7, 11) is 1.64. The molecule has 0 spiro atoms. The molecule has 0 radical (unpaired) electrons. The quantitative estimate of drug-likeness (QED) is 0.716. The number of hydrogen-bond donors (Lipinski definition) is 1. The smallest absolute Gasteiger partial charge is 0.251 e. The number of methoxy groups -OCH3 is 1. The zero-order valence-electron chi connectivity index (χ0n) is 11.1. The zero-order valence-corrected chi connectivity index (χ0v) is 11.1. The third-order valence-corrected chi connectivity index (χ3v) is 2.57. The molecule has 0 saturated heterocycles. The molecule has 0 saturated carbocycles. The third-order valence-electron chi connectivity index (χ3n) is 2.57. The van der Waals surface area contributed by atoms with Crippen LogP contribution in [0.4, 0.5) is 0 Å². The highest BCUT2D eigenvalue weighted by atomic mass is 16.5. The maximum absolute atomic E-state index is 11.8. The summed E-state index contributed by atoms with van der Waals surface area (Å²) < 4.78 is 10.2. The second-order valence-electron chi connectivity index (χ2n) is 4.03. The maximum Gasteiger partial charge on any atom is 0.251 e. The molecule has 0 fully saturated rings. The maximum atomic E-state index is 11.8. The van der Waals surface area contributed by atoms with Gasteiger partial charge in [0.2, 0.25) is 0 Å². The van der Waals surface area contributed by atoms with Crippen LogP contribution in [-0.4, -0.2) is 39.4 Å². The van der Waals surface area contributed by atoms with Crippen molar-refractivity contribution < 1.29 is 14.3 Å². The van der Waals surface area contributed by atoms with Crippen LogP contribution in [0.2, 0.25) is 0 Å². The summed E-state index contributed by atoms with van der Waals surface area (Å²) in [4.78, 5) is 11.8. The van der Waals surface area contributed by atoms with Crippen LogP contribution in [0.3, 0.4) is 0 Å². The molecule has 0 aliphatic heterocycles. The first-order chi connectivity index (χ1) is 8.75. The van der Waals surface area contributed by atoms with Gasteiger partial charge < -0.3 is 14.8 Å². The average Bonchev–Trinajstić information content (AvgIpc) is 2.38. The molecule has 18 heavy (non-hydrogen) atoms. The number of hydrogen-bond acceptors (Lipinski definition) is 3. The van der Waals surface area contributed by atoms with Crippen LogP contribution in [0.1, 0.15) is 22.3 Å². The topological polar surface area (TPSA) is 47.6 Å². The molecule has 0 heterocycles. The van der Waals surface area contributed by atoms with Crippen molar-refractivity contribution in [3.8, 4) is 0 Å². The van der Waals surface area contributed by atoms with Gasteiger partial charge in [0.25, 0.3) is 5.91 Å². The molecule has 1 aromatic carbocycles. The van der Waals surface area contributed by atoms with Crippen LogP contribution in [0.15, 0.2) is 24.3 Å². The van der Waals surface area contributed by atoms with E-state index in [9.17, 15) is 4.79 Å². The Morgan fingerprint density at radius 2 is 2.00 bits per heavy atom. The SMILES string of the molecule is COCCOCCCNC(=O)c1ccccc1C. The molecule has 0 bridgehead atoms. The Labute approximate surface area is 108 Å². The van der Waals surface area contributed by atoms with Crippen LogP contribution in [0.5, 0.6) is 0 Å². The lowest BCUT2D eigenvalue weighted by Gasteiger charge is -2.07. The Hall–Kier alpha value is -1.39. The largest absolute Gasteiger partial charge is 0.382 e. The monoisotopic (exact) mass is 251 g/mol. The molecular weight excluding hydrogens is 230 g/mol. The van der Waals surface area contributed by atoms with Crippen LogP contribution in [0.25, 0.3) is 0 Å². The van der Waals surface area contributed by atoms with Crippen molar-refractivity contribution in [2.45, 2.75) is 13.3 Å². The first kappa shape index (κ1) is 14.7. The van der Waals surface area contributed by atoms with Gasteiger partial charge in [-0.3, -0.25) is 4.79 Å². The van der Waals surface area contributed by atoms with Gasteiger partial charge in [-0.2, -0.15) is 0 Å². The van der Waals surface area contributed by atoms with E-state index in [1.54, 1.807) is 7.11 Å². The first-order valence-electron chi connectivity index (χ1n) is 6.16. The number of rotatable bonds is 8. The number of amides is 1. The first-order valence-corrected chi connectivity index (χ1v) is 6.16. The lowest BCUT2D eigenvalue weighted by atomic mass is 10.1. The average molecular weight is 251 g/mol. The second-order valence-corrected chi connectivity index (χ2v) is 4.03. The summed E-state index contributed by atoms with van der Waals surface area (Å²) in [6.07, 6.45) is 0.807. The summed E-state index contributed by atoms with van der Waals surface area (Å²) in [6, 6.07) is 7.56. The van der Waals surface area contributed by atoms with Gasteiger partial charge in [0.15, 0.2) is 0 Å².